The van der Waals surface area contributed by atoms with Crippen molar-refractivity contribution in [3.05, 3.63) is 35.1 Å². The van der Waals surface area contributed by atoms with Gasteiger partial charge in [-0.3, -0.25) is 0 Å². The lowest BCUT2D eigenvalue weighted by Gasteiger charge is -2.08. The minimum absolute atomic E-state index is 0.166. The monoisotopic (exact) mass is 325 g/mol. The van der Waals surface area contributed by atoms with Crippen molar-refractivity contribution in [1.82, 2.24) is 10.2 Å². The van der Waals surface area contributed by atoms with E-state index in [-0.39, 0.29) is 11.1 Å². The van der Waals surface area contributed by atoms with Gasteiger partial charge < -0.3 is 10.1 Å². The highest BCUT2D eigenvalue weighted by Gasteiger charge is 2.25. The Hall–Kier alpha value is -1.18. The van der Waals surface area contributed by atoms with Crippen LogP contribution >= 0.6 is 23.1 Å². The van der Waals surface area contributed by atoms with Crippen molar-refractivity contribution in [2.24, 2.45) is 0 Å². The number of aryl methyl sites for hydroxylation is 1. The third kappa shape index (κ3) is 3.53. The molecule has 1 aromatic heterocycles. The van der Waals surface area contributed by atoms with Gasteiger partial charge in [-0.1, -0.05) is 29.2 Å². The summed E-state index contributed by atoms with van der Waals surface area (Å²) >= 11 is 3.20. The van der Waals surface area contributed by atoms with Crippen LogP contribution in [0.25, 0.3) is 0 Å². The molecule has 1 atom stereocenters. The van der Waals surface area contributed by atoms with Crippen molar-refractivity contribution in [3.63, 3.8) is 0 Å². The molecule has 2 aromatic rings. The maximum absolute atomic E-state index is 13.4. The van der Waals surface area contributed by atoms with Crippen molar-refractivity contribution >= 4 is 28.2 Å². The van der Waals surface area contributed by atoms with Crippen LogP contribution in [0.15, 0.2) is 22.5 Å². The van der Waals surface area contributed by atoms with Crippen LogP contribution in [0.5, 0.6) is 0 Å². The van der Waals surface area contributed by atoms with Gasteiger partial charge in [0.2, 0.25) is 5.13 Å². The molecule has 4 nitrogen and oxygen atoms in total. The van der Waals surface area contributed by atoms with Gasteiger partial charge in [0.25, 0.3) is 0 Å². The molecule has 1 aromatic carbocycles. The Morgan fingerprint density at radius 3 is 3.24 bits per heavy atom. The lowest BCUT2D eigenvalue weighted by atomic mass is 10.1. The largest absolute Gasteiger partial charge is 0.383 e. The summed E-state index contributed by atoms with van der Waals surface area (Å²) in [6.45, 7) is 1.35. The minimum atomic E-state index is -0.166. The number of hydrogen-bond acceptors (Lipinski definition) is 6. The maximum Gasteiger partial charge on any atom is 0.206 e. The van der Waals surface area contributed by atoms with E-state index in [1.165, 1.54) is 23.0 Å². The Morgan fingerprint density at radius 2 is 2.38 bits per heavy atom. The van der Waals surface area contributed by atoms with Gasteiger partial charge >= 0.3 is 0 Å². The molecule has 0 unspecified atom stereocenters. The van der Waals surface area contributed by atoms with Crippen LogP contribution in [-0.4, -0.2) is 30.5 Å². The van der Waals surface area contributed by atoms with E-state index in [1.54, 1.807) is 24.9 Å². The molecule has 0 saturated heterocycles. The summed E-state index contributed by atoms with van der Waals surface area (Å²) in [6.07, 6.45) is 2.03. The quantitative estimate of drug-likeness (QED) is 0.824. The van der Waals surface area contributed by atoms with Crippen molar-refractivity contribution in [2.75, 3.05) is 25.6 Å². The SMILES string of the molecule is COCCNc1nnc(S[C@H]2CCc3ccc(F)cc32)s1. The first-order valence-electron chi connectivity index (χ1n) is 6.77. The Balaban J connectivity index is 1.64. The molecule has 1 aliphatic rings. The second-order valence-electron chi connectivity index (χ2n) is 4.78. The third-order valence-corrected chi connectivity index (χ3v) is 5.63. The summed E-state index contributed by atoms with van der Waals surface area (Å²) in [5.41, 5.74) is 2.35. The first-order valence-corrected chi connectivity index (χ1v) is 8.47. The highest BCUT2D eigenvalue weighted by molar-refractivity contribution is 8.01. The number of thioether (sulfide) groups is 1. The average molecular weight is 325 g/mol. The first-order chi connectivity index (χ1) is 10.3. The predicted molar refractivity (Wildman–Crippen MR) is 83.6 cm³/mol. The highest BCUT2D eigenvalue weighted by atomic mass is 32.2. The Labute approximate surface area is 131 Å². The van der Waals surface area contributed by atoms with Gasteiger partial charge in [-0.25, -0.2) is 4.39 Å². The van der Waals surface area contributed by atoms with E-state index in [1.807, 2.05) is 6.07 Å². The topological polar surface area (TPSA) is 47.0 Å². The van der Waals surface area contributed by atoms with Crippen LogP contribution in [-0.2, 0) is 11.2 Å². The van der Waals surface area contributed by atoms with E-state index in [0.717, 1.165) is 27.9 Å². The van der Waals surface area contributed by atoms with Gasteiger partial charge in [0.15, 0.2) is 4.34 Å². The van der Waals surface area contributed by atoms with Crippen LogP contribution in [0.1, 0.15) is 22.8 Å². The van der Waals surface area contributed by atoms with Gasteiger partial charge in [-0.2, -0.15) is 0 Å². The fraction of sp³-hybridized carbons (Fsp3) is 0.429. The Bertz CT molecular complexity index is 620. The van der Waals surface area contributed by atoms with Gasteiger partial charge in [-0.05, 0) is 36.1 Å². The summed E-state index contributed by atoms with van der Waals surface area (Å²) in [5.74, 6) is -0.166. The normalized spacial score (nSPS) is 17.0. The summed E-state index contributed by atoms with van der Waals surface area (Å²) in [6, 6.07) is 5.08. The average Bonchev–Trinajstić information content (AvgIpc) is 3.07. The van der Waals surface area contributed by atoms with E-state index in [0.29, 0.717) is 13.2 Å². The summed E-state index contributed by atoms with van der Waals surface area (Å²) in [4.78, 5) is 0. The molecule has 0 fully saturated rings. The van der Waals surface area contributed by atoms with Gasteiger partial charge in [0, 0.05) is 18.9 Å². The summed E-state index contributed by atoms with van der Waals surface area (Å²) < 4.78 is 19.3. The number of nitrogens with zero attached hydrogens (tertiary/aromatic N) is 2. The molecule has 21 heavy (non-hydrogen) atoms. The second kappa shape index (κ2) is 6.72. The van der Waals surface area contributed by atoms with E-state index in [9.17, 15) is 4.39 Å². The number of benzene rings is 1. The number of ether oxygens (including phenoxy) is 1. The standard InChI is InChI=1S/C14H16FN3OS2/c1-19-7-6-16-13-17-18-14(21-13)20-12-5-3-9-2-4-10(15)8-11(9)12/h2,4,8,12H,3,5-7H2,1H3,(H,16,17)/t12-/m0/s1. The van der Waals surface area contributed by atoms with Gasteiger partial charge in [0.1, 0.15) is 5.82 Å². The van der Waals surface area contributed by atoms with Crippen molar-refractivity contribution in [3.8, 4) is 0 Å². The molecule has 0 saturated carbocycles. The van der Waals surface area contributed by atoms with E-state index < -0.39 is 0 Å². The van der Waals surface area contributed by atoms with Crippen molar-refractivity contribution in [2.45, 2.75) is 22.4 Å². The second-order valence-corrected chi connectivity index (χ2v) is 7.21. The molecule has 3 rings (SSSR count). The number of nitrogens with one attached hydrogen (secondary N) is 1. The zero-order valence-corrected chi connectivity index (χ0v) is 13.3. The number of halogens is 1. The van der Waals surface area contributed by atoms with Crippen LogP contribution in [0, 0.1) is 5.82 Å². The van der Waals surface area contributed by atoms with Crippen LogP contribution in [0.3, 0.4) is 0 Å². The predicted octanol–water partition coefficient (Wildman–Crippen LogP) is 3.52. The first kappa shape index (κ1) is 14.7. The number of aromatic nitrogens is 2. The van der Waals surface area contributed by atoms with Crippen LogP contribution in [0.2, 0.25) is 0 Å². The fourth-order valence-corrected chi connectivity index (χ4v) is 4.56. The Kier molecular flexibility index (Phi) is 4.72. The van der Waals surface area contributed by atoms with Crippen molar-refractivity contribution < 1.29 is 9.13 Å². The number of methoxy groups -OCH3 is 1. The number of fused-ring (bicyclic) bond motifs is 1. The summed E-state index contributed by atoms with van der Waals surface area (Å²) in [7, 11) is 1.67. The highest BCUT2D eigenvalue weighted by Crippen LogP contribution is 2.45. The molecule has 1 aliphatic carbocycles. The molecular formula is C14H16FN3OS2. The minimum Gasteiger partial charge on any atom is -0.383 e. The number of hydrogen-bond donors (Lipinski definition) is 1. The van der Waals surface area contributed by atoms with Crippen molar-refractivity contribution in [1.29, 1.82) is 0 Å². The third-order valence-electron chi connectivity index (χ3n) is 3.36. The smallest absolute Gasteiger partial charge is 0.206 e. The lowest BCUT2D eigenvalue weighted by Crippen LogP contribution is -2.06. The van der Waals surface area contributed by atoms with Gasteiger partial charge in [-0.15, -0.1) is 10.2 Å². The van der Waals surface area contributed by atoms with E-state index in [4.69, 9.17) is 4.74 Å². The molecule has 0 amide bonds. The maximum atomic E-state index is 13.4. The molecule has 7 heteroatoms. The summed E-state index contributed by atoms with van der Waals surface area (Å²) in [5, 5.41) is 12.5. The molecular weight excluding hydrogens is 309 g/mol. The number of rotatable bonds is 6. The molecule has 112 valence electrons. The van der Waals surface area contributed by atoms with Gasteiger partial charge in [0.05, 0.1) is 6.61 Å². The fourth-order valence-electron chi connectivity index (χ4n) is 2.37. The zero-order chi connectivity index (χ0) is 14.7. The molecule has 0 bridgehead atoms. The Morgan fingerprint density at radius 1 is 1.48 bits per heavy atom. The number of anilines is 1. The zero-order valence-electron chi connectivity index (χ0n) is 11.6. The van der Waals surface area contributed by atoms with E-state index >= 15 is 0 Å². The van der Waals surface area contributed by atoms with Crippen LogP contribution < -0.4 is 5.32 Å². The molecule has 1 N–H and O–H groups in total. The molecule has 1 heterocycles. The molecule has 0 aliphatic heterocycles. The molecule has 0 radical (unpaired) electrons. The molecule has 0 spiro atoms. The van der Waals surface area contributed by atoms with E-state index in [2.05, 4.69) is 15.5 Å². The van der Waals surface area contributed by atoms with Crippen LogP contribution in [0.4, 0.5) is 9.52 Å². The lowest BCUT2D eigenvalue weighted by molar-refractivity contribution is 0.211.